The number of aromatic nitrogens is 4. The molecule has 136 valence electrons. The molecule has 3 rings (SSSR count). The summed E-state index contributed by atoms with van der Waals surface area (Å²) in [6, 6.07) is 7.13. The Morgan fingerprint density at radius 3 is 2.92 bits per heavy atom. The molecule has 0 fully saturated rings. The molecule has 0 saturated carbocycles. The summed E-state index contributed by atoms with van der Waals surface area (Å²) in [5, 5.41) is 11.5. The van der Waals surface area contributed by atoms with Gasteiger partial charge in [0.15, 0.2) is 12.4 Å². The van der Waals surface area contributed by atoms with Gasteiger partial charge in [-0.25, -0.2) is 9.36 Å². The highest BCUT2D eigenvalue weighted by Crippen LogP contribution is 2.25. The van der Waals surface area contributed by atoms with Crippen molar-refractivity contribution in [3.05, 3.63) is 59.1 Å². The Morgan fingerprint density at radius 1 is 1.27 bits per heavy atom. The predicted molar refractivity (Wildman–Crippen MR) is 96.2 cm³/mol. The highest BCUT2D eigenvalue weighted by Gasteiger charge is 2.11. The van der Waals surface area contributed by atoms with Crippen molar-refractivity contribution in [2.75, 3.05) is 12.4 Å². The number of carbonyl (C=O) groups excluding carboxylic acids is 1. The average molecular weight is 376 g/mol. The van der Waals surface area contributed by atoms with Crippen LogP contribution in [0, 0.1) is 6.92 Å². The number of ether oxygens (including phenoxy) is 2. The lowest BCUT2D eigenvalue weighted by atomic mass is 10.2. The Hall–Kier alpha value is -2.84. The van der Waals surface area contributed by atoms with Crippen LogP contribution in [0.2, 0.25) is 5.02 Å². The van der Waals surface area contributed by atoms with E-state index in [1.807, 2.05) is 19.1 Å². The standard InChI is InChI=1S/C17H18ClN5O3/c1-12-3-4-14(18)16(7-12)26-11-22-6-5-15(21-22)17(24)20-13-8-19-23(9-13)10-25-2/h3-9H,10-11H2,1-2H3,(H,20,24). The second kappa shape index (κ2) is 8.03. The topological polar surface area (TPSA) is 83.2 Å². The minimum atomic E-state index is -0.339. The van der Waals surface area contributed by atoms with E-state index in [1.165, 1.54) is 10.9 Å². The van der Waals surface area contributed by atoms with Crippen molar-refractivity contribution in [3.8, 4) is 5.75 Å². The lowest BCUT2D eigenvalue weighted by Crippen LogP contribution is -2.14. The van der Waals surface area contributed by atoms with Gasteiger partial charge in [0.2, 0.25) is 0 Å². The number of benzene rings is 1. The summed E-state index contributed by atoms with van der Waals surface area (Å²) in [7, 11) is 1.57. The zero-order chi connectivity index (χ0) is 18.5. The summed E-state index contributed by atoms with van der Waals surface area (Å²) in [4.78, 5) is 12.3. The SMILES string of the molecule is COCn1cc(NC(=O)c2ccn(COc3cc(C)ccc3Cl)n2)cn1. The Balaban J connectivity index is 1.59. The maximum Gasteiger partial charge on any atom is 0.276 e. The van der Waals surface area contributed by atoms with Gasteiger partial charge in [0.05, 0.1) is 23.1 Å². The summed E-state index contributed by atoms with van der Waals surface area (Å²) in [5.74, 6) is 0.230. The fourth-order valence-corrected chi connectivity index (χ4v) is 2.41. The van der Waals surface area contributed by atoms with E-state index in [9.17, 15) is 4.79 Å². The largest absolute Gasteiger partial charge is 0.470 e. The molecule has 9 heteroatoms. The molecule has 0 bridgehead atoms. The molecule has 0 saturated heterocycles. The fraction of sp³-hybridized carbons (Fsp3) is 0.235. The van der Waals surface area contributed by atoms with E-state index >= 15 is 0 Å². The molecule has 0 aliphatic carbocycles. The number of hydrogen-bond donors (Lipinski definition) is 1. The number of methoxy groups -OCH3 is 1. The molecular formula is C17H18ClN5O3. The van der Waals surface area contributed by atoms with E-state index in [-0.39, 0.29) is 18.3 Å². The Kier molecular flexibility index (Phi) is 5.55. The molecule has 0 aliphatic heterocycles. The first-order valence-corrected chi connectivity index (χ1v) is 8.18. The van der Waals surface area contributed by atoms with Gasteiger partial charge in [0.1, 0.15) is 12.5 Å². The fourth-order valence-electron chi connectivity index (χ4n) is 2.24. The van der Waals surface area contributed by atoms with Gasteiger partial charge in [-0.3, -0.25) is 4.79 Å². The maximum absolute atomic E-state index is 12.3. The zero-order valence-electron chi connectivity index (χ0n) is 14.3. The first-order chi connectivity index (χ1) is 12.5. The van der Waals surface area contributed by atoms with E-state index in [4.69, 9.17) is 21.1 Å². The van der Waals surface area contributed by atoms with Gasteiger partial charge in [-0.2, -0.15) is 10.2 Å². The average Bonchev–Trinajstić information content (AvgIpc) is 3.26. The van der Waals surface area contributed by atoms with Crippen LogP contribution in [0.4, 0.5) is 5.69 Å². The number of hydrogen-bond acceptors (Lipinski definition) is 5. The van der Waals surface area contributed by atoms with Crippen molar-refractivity contribution in [1.82, 2.24) is 19.6 Å². The van der Waals surface area contributed by atoms with Gasteiger partial charge in [0, 0.05) is 13.3 Å². The van der Waals surface area contributed by atoms with Crippen molar-refractivity contribution in [1.29, 1.82) is 0 Å². The Morgan fingerprint density at radius 2 is 2.12 bits per heavy atom. The van der Waals surface area contributed by atoms with E-state index < -0.39 is 0 Å². The van der Waals surface area contributed by atoms with Gasteiger partial charge >= 0.3 is 0 Å². The van der Waals surface area contributed by atoms with Crippen molar-refractivity contribution in [3.63, 3.8) is 0 Å². The summed E-state index contributed by atoms with van der Waals surface area (Å²) >= 11 is 6.10. The van der Waals surface area contributed by atoms with Crippen molar-refractivity contribution >= 4 is 23.2 Å². The molecule has 0 spiro atoms. The van der Waals surface area contributed by atoms with Crippen LogP contribution < -0.4 is 10.1 Å². The summed E-state index contributed by atoms with van der Waals surface area (Å²) < 4.78 is 13.7. The minimum absolute atomic E-state index is 0.141. The van der Waals surface area contributed by atoms with Gasteiger partial charge in [0.25, 0.3) is 5.91 Å². The molecule has 0 unspecified atom stereocenters. The molecule has 2 heterocycles. The molecule has 8 nitrogen and oxygen atoms in total. The molecule has 0 radical (unpaired) electrons. The van der Waals surface area contributed by atoms with Gasteiger partial charge < -0.3 is 14.8 Å². The number of rotatable bonds is 7. The lowest BCUT2D eigenvalue weighted by Gasteiger charge is -2.08. The van der Waals surface area contributed by atoms with Crippen LogP contribution in [-0.4, -0.2) is 32.6 Å². The first kappa shape index (κ1) is 18.0. The number of nitrogens with zero attached hydrogens (tertiary/aromatic N) is 4. The number of amides is 1. The summed E-state index contributed by atoms with van der Waals surface area (Å²) in [6.07, 6.45) is 4.87. The second-order valence-electron chi connectivity index (χ2n) is 5.59. The van der Waals surface area contributed by atoms with E-state index in [0.717, 1.165) is 5.56 Å². The quantitative estimate of drug-likeness (QED) is 0.686. The van der Waals surface area contributed by atoms with E-state index in [2.05, 4.69) is 15.5 Å². The van der Waals surface area contributed by atoms with Crippen molar-refractivity contribution in [2.45, 2.75) is 20.4 Å². The molecule has 2 aromatic heterocycles. The number of carbonyl (C=O) groups is 1. The van der Waals surface area contributed by atoms with E-state index in [1.54, 1.807) is 36.3 Å². The van der Waals surface area contributed by atoms with Gasteiger partial charge in [-0.05, 0) is 30.7 Å². The van der Waals surface area contributed by atoms with Crippen molar-refractivity contribution in [2.24, 2.45) is 0 Å². The van der Waals surface area contributed by atoms with Crippen LogP contribution in [0.15, 0.2) is 42.9 Å². The van der Waals surface area contributed by atoms with Gasteiger partial charge in [-0.15, -0.1) is 0 Å². The van der Waals surface area contributed by atoms with Crippen LogP contribution >= 0.6 is 11.6 Å². The molecule has 26 heavy (non-hydrogen) atoms. The number of anilines is 1. The predicted octanol–water partition coefficient (Wildman–Crippen LogP) is 2.93. The van der Waals surface area contributed by atoms with Crippen LogP contribution in [0.3, 0.4) is 0 Å². The van der Waals surface area contributed by atoms with Crippen molar-refractivity contribution < 1.29 is 14.3 Å². The normalized spacial score (nSPS) is 10.7. The maximum atomic E-state index is 12.3. The Bertz CT molecular complexity index is 905. The van der Waals surface area contributed by atoms with Crippen LogP contribution in [-0.2, 0) is 18.2 Å². The second-order valence-corrected chi connectivity index (χ2v) is 6.00. The molecule has 3 aromatic rings. The zero-order valence-corrected chi connectivity index (χ0v) is 15.1. The van der Waals surface area contributed by atoms with Gasteiger partial charge in [-0.1, -0.05) is 17.7 Å². The molecular weight excluding hydrogens is 358 g/mol. The number of halogens is 1. The van der Waals surface area contributed by atoms with Crippen LogP contribution in [0.5, 0.6) is 5.75 Å². The van der Waals surface area contributed by atoms with E-state index in [0.29, 0.717) is 23.2 Å². The number of aryl methyl sites for hydroxylation is 1. The third-order valence-electron chi connectivity index (χ3n) is 3.46. The monoisotopic (exact) mass is 375 g/mol. The molecule has 1 aromatic carbocycles. The summed E-state index contributed by atoms with van der Waals surface area (Å²) in [6.45, 7) is 2.40. The van der Waals surface area contributed by atoms with Crippen LogP contribution in [0.1, 0.15) is 16.1 Å². The lowest BCUT2D eigenvalue weighted by molar-refractivity contribution is 0.102. The minimum Gasteiger partial charge on any atom is -0.470 e. The van der Waals surface area contributed by atoms with Crippen LogP contribution in [0.25, 0.3) is 0 Å². The summed E-state index contributed by atoms with van der Waals surface area (Å²) in [5.41, 5.74) is 1.87. The third kappa shape index (κ3) is 4.41. The smallest absolute Gasteiger partial charge is 0.276 e. The number of nitrogens with one attached hydrogen (secondary N) is 1. The Labute approximate surface area is 155 Å². The third-order valence-corrected chi connectivity index (χ3v) is 3.78. The molecule has 0 aliphatic rings. The molecule has 1 N–H and O–H groups in total. The molecule has 0 atom stereocenters. The molecule has 1 amide bonds. The highest BCUT2D eigenvalue weighted by atomic mass is 35.5. The first-order valence-electron chi connectivity index (χ1n) is 7.80. The highest BCUT2D eigenvalue weighted by molar-refractivity contribution is 6.32.